The van der Waals surface area contributed by atoms with Crippen molar-refractivity contribution in [3.8, 4) is 44.5 Å². The molecule has 4 aromatic heterocycles. The van der Waals surface area contributed by atoms with Crippen molar-refractivity contribution in [2.24, 2.45) is 0 Å². The van der Waals surface area contributed by atoms with E-state index in [0.29, 0.717) is 0 Å². The molecule has 64 heavy (non-hydrogen) atoms. The summed E-state index contributed by atoms with van der Waals surface area (Å²) < 4.78 is 5.07. The quantitative estimate of drug-likeness (QED) is 0.157. The first kappa shape index (κ1) is 34.2. The van der Waals surface area contributed by atoms with Gasteiger partial charge in [0.1, 0.15) is 0 Å². The smallest absolute Gasteiger partial charge is 0.0620 e. The largest absolute Gasteiger partial charge is 0.308 e. The molecule has 2 heteroatoms. The topological polar surface area (TPSA) is 8.82 Å². The Balaban J connectivity index is 1.23. The summed E-state index contributed by atoms with van der Waals surface area (Å²) in [5.41, 5.74) is 17.3. The van der Waals surface area contributed by atoms with Crippen LogP contribution in [0.3, 0.4) is 0 Å². The van der Waals surface area contributed by atoms with E-state index in [-0.39, 0.29) is 0 Å². The van der Waals surface area contributed by atoms with Crippen LogP contribution in [0, 0.1) is 0 Å². The highest BCUT2D eigenvalue weighted by molar-refractivity contribution is 6.32. The second kappa shape index (κ2) is 12.6. The molecule has 11 aromatic carbocycles. The van der Waals surface area contributed by atoms with Crippen LogP contribution in [0.1, 0.15) is 0 Å². The minimum Gasteiger partial charge on any atom is -0.308 e. The molecule has 0 saturated heterocycles. The van der Waals surface area contributed by atoms with Gasteiger partial charge in [-0.3, -0.25) is 0 Å². The molecule has 0 aliphatic heterocycles. The maximum atomic E-state index is 2.54. The minimum atomic E-state index is 1.21. The van der Waals surface area contributed by atoms with E-state index in [1.165, 1.54) is 142 Å². The standard InChI is InChI=1S/C62H36N2/c1-3-17-37(18-4-1)39-21-7-9-25-43(39)59-51-33-49-47-29-15-27-45-42-24-12-14-32-56(42)64(61(45)47)58(49)36-54(51)60(44-26-10-8-22-40(44)38-19-5-2-6-20-38)52-34-50-48-30-16-28-46-41-23-11-13-31-55(41)63(62(46)48)57(50)35-53(52)59/h1-36H. The molecule has 15 aromatic rings. The Kier molecular flexibility index (Phi) is 6.71. The van der Waals surface area contributed by atoms with Crippen LogP contribution in [0.5, 0.6) is 0 Å². The summed E-state index contributed by atoms with van der Waals surface area (Å²) in [6.07, 6.45) is 0. The third-order valence-electron chi connectivity index (χ3n) is 14.4. The van der Waals surface area contributed by atoms with E-state index in [9.17, 15) is 0 Å². The lowest BCUT2D eigenvalue weighted by Gasteiger charge is -2.22. The van der Waals surface area contributed by atoms with E-state index in [4.69, 9.17) is 0 Å². The number of hydrogen-bond acceptors (Lipinski definition) is 0. The van der Waals surface area contributed by atoms with Gasteiger partial charge < -0.3 is 8.80 Å². The zero-order valence-corrected chi connectivity index (χ0v) is 34.7. The fourth-order valence-electron chi connectivity index (χ4n) is 11.8. The van der Waals surface area contributed by atoms with Gasteiger partial charge in [-0.1, -0.05) is 182 Å². The van der Waals surface area contributed by atoms with Crippen LogP contribution in [0.4, 0.5) is 0 Å². The third-order valence-corrected chi connectivity index (χ3v) is 14.4. The van der Waals surface area contributed by atoms with Crippen LogP contribution in [-0.4, -0.2) is 8.80 Å². The molecule has 0 saturated carbocycles. The SMILES string of the molecule is c1ccc(-c2ccccc2-c2c3cc4c5cccc6c7ccccc7n(c4cc3c(-c3ccccc3-c3ccccc3)c3cc4c7cccc8c9ccccc9n(c4cc23)c87)c65)cc1. The number of rotatable bonds is 4. The molecule has 0 bridgehead atoms. The number of para-hydroxylation sites is 4. The molecule has 0 atom stereocenters. The van der Waals surface area contributed by atoms with Crippen LogP contribution in [0.2, 0.25) is 0 Å². The predicted molar refractivity (Wildman–Crippen MR) is 273 cm³/mol. The average molecular weight is 809 g/mol. The highest BCUT2D eigenvalue weighted by Gasteiger charge is 2.26. The molecule has 0 aliphatic rings. The van der Waals surface area contributed by atoms with Gasteiger partial charge in [0.15, 0.2) is 0 Å². The van der Waals surface area contributed by atoms with Gasteiger partial charge in [-0.15, -0.1) is 0 Å². The number of nitrogens with zero attached hydrogens (tertiary/aromatic N) is 2. The minimum absolute atomic E-state index is 1.21. The van der Waals surface area contributed by atoms with Gasteiger partial charge in [0.25, 0.3) is 0 Å². The summed E-state index contributed by atoms with van der Waals surface area (Å²) in [4.78, 5) is 0. The Morgan fingerprint density at radius 2 is 0.531 bits per heavy atom. The normalized spacial score (nSPS) is 12.4. The maximum Gasteiger partial charge on any atom is 0.0620 e. The number of benzene rings is 11. The Morgan fingerprint density at radius 3 is 0.969 bits per heavy atom. The fraction of sp³-hybridized carbons (Fsp3) is 0. The van der Waals surface area contributed by atoms with Crippen molar-refractivity contribution in [3.05, 3.63) is 218 Å². The van der Waals surface area contributed by atoms with E-state index in [1.54, 1.807) is 0 Å². The van der Waals surface area contributed by atoms with Crippen molar-refractivity contribution in [1.82, 2.24) is 8.80 Å². The zero-order chi connectivity index (χ0) is 41.6. The van der Waals surface area contributed by atoms with Gasteiger partial charge in [-0.05, 0) is 102 Å². The number of fused-ring (bicyclic) bond motifs is 14. The summed E-state index contributed by atoms with van der Waals surface area (Å²) in [7, 11) is 0. The summed E-state index contributed by atoms with van der Waals surface area (Å²) in [6, 6.07) is 81.7. The van der Waals surface area contributed by atoms with Crippen LogP contribution >= 0.6 is 0 Å². The molecular weight excluding hydrogens is 773 g/mol. The molecule has 0 aliphatic carbocycles. The summed E-state index contributed by atoms with van der Waals surface area (Å²) in [5, 5.41) is 15.3. The molecule has 0 unspecified atom stereocenters. The van der Waals surface area contributed by atoms with Gasteiger partial charge in [-0.25, -0.2) is 0 Å². The highest BCUT2D eigenvalue weighted by Crippen LogP contribution is 2.52. The van der Waals surface area contributed by atoms with Crippen molar-refractivity contribution >= 4 is 97.7 Å². The first-order valence-electron chi connectivity index (χ1n) is 22.3. The maximum absolute atomic E-state index is 2.54. The Bertz CT molecular complexity index is 4110. The summed E-state index contributed by atoms with van der Waals surface area (Å²) >= 11 is 0. The molecule has 294 valence electrons. The molecule has 0 spiro atoms. The Labute approximate surface area is 367 Å². The van der Waals surface area contributed by atoms with E-state index < -0.39 is 0 Å². The number of hydrogen-bond donors (Lipinski definition) is 0. The first-order chi connectivity index (χ1) is 31.8. The second-order valence-corrected chi connectivity index (χ2v) is 17.5. The van der Waals surface area contributed by atoms with Crippen LogP contribution in [0.15, 0.2) is 218 Å². The lowest BCUT2D eigenvalue weighted by atomic mass is 9.81. The van der Waals surface area contributed by atoms with Crippen LogP contribution in [0.25, 0.3) is 142 Å². The monoisotopic (exact) mass is 808 g/mol. The van der Waals surface area contributed by atoms with Gasteiger partial charge in [0, 0.05) is 43.1 Å². The lowest BCUT2D eigenvalue weighted by Crippen LogP contribution is -1.95. The van der Waals surface area contributed by atoms with Gasteiger partial charge >= 0.3 is 0 Å². The lowest BCUT2D eigenvalue weighted by molar-refractivity contribution is 1.37. The zero-order valence-electron chi connectivity index (χ0n) is 34.7. The molecule has 2 nitrogen and oxygen atoms in total. The Hall–Kier alpha value is -8.46. The van der Waals surface area contributed by atoms with Gasteiger partial charge in [-0.2, -0.15) is 0 Å². The van der Waals surface area contributed by atoms with E-state index in [1.807, 2.05) is 0 Å². The first-order valence-corrected chi connectivity index (χ1v) is 22.3. The van der Waals surface area contributed by atoms with Crippen LogP contribution in [-0.2, 0) is 0 Å². The third kappa shape index (κ3) is 4.39. The summed E-state index contributed by atoms with van der Waals surface area (Å²) in [5.74, 6) is 0. The van der Waals surface area contributed by atoms with Crippen molar-refractivity contribution in [3.63, 3.8) is 0 Å². The molecule has 15 rings (SSSR count). The Morgan fingerprint density at radius 1 is 0.203 bits per heavy atom. The molecule has 0 N–H and O–H groups in total. The molecule has 4 heterocycles. The second-order valence-electron chi connectivity index (χ2n) is 17.5. The van der Waals surface area contributed by atoms with E-state index in [2.05, 4.69) is 227 Å². The van der Waals surface area contributed by atoms with Crippen molar-refractivity contribution < 1.29 is 0 Å². The van der Waals surface area contributed by atoms with E-state index in [0.717, 1.165) is 0 Å². The predicted octanol–water partition coefficient (Wildman–Crippen LogP) is 17.0. The highest BCUT2D eigenvalue weighted by atomic mass is 14.9. The molecule has 0 amide bonds. The molecule has 0 fully saturated rings. The van der Waals surface area contributed by atoms with Crippen LogP contribution < -0.4 is 0 Å². The van der Waals surface area contributed by atoms with Crippen molar-refractivity contribution in [1.29, 1.82) is 0 Å². The number of aromatic nitrogens is 2. The molecular formula is C62H36N2. The summed E-state index contributed by atoms with van der Waals surface area (Å²) in [6.45, 7) is 0. The van der Waals surface area contributed by atoms with Crippen molar-refractivity contribution in [2.45, 2.75) is 0 Å². The van der Waals surface area contributed by atoms with Crippen molar-refractivity contribution in [2.75, 3.05) is 0 Å². The molecule has 0 radical (unpaired) electrons. The van der Waals surface area contributed by atoms with E-state index >= 15 is 0 Å². The van der Waals surface area contributed by atoms with Gasteiger partial charge in [0.05, 0.1) is 33.1 Å². The van der Waals surface area contributed by atoms with Gasteiger partial charge in [0.2, 0.25) is 0 Å². The average Bonchev–Trinajstić information content (AvgIpc) is 4.09. The fourth-order valence-corrected chi connectivity index (χ4v) is 11.8.